The highest BCUT2D eigenvalue weighted by molar-refractivity contribution is 6.00. The Balaban J connectivity index is 2.57. The van der Waals surface area contributed by atoms with Crippen molar-refractivity contribution < 1.29 is 14.7 Å². The smallest absolute Gasteiger partial charge is 0.337 e. The molecule has 0 atom stereocenters. The van der Waals surface area contributed by atoms with Gasteiger partial charge in [0.05, 0.1) is 11.3 Å². The minimum Gasteiger partial charge on any atom is -0.478 e. The maximum absolute atomic E-state index is 11.8. The van der Waals surface area contributed by atoms with Crippen molar-refractivity contribution in [3.05, 3.63) is 29.3 Å². The first-order valence-electron chi connectivity index (χ1n) is 6.90. The fraction of sp³-hybridized carbons (Fsp3) is 0.467. The van der Waals surface area contributed by atoms with Gasteiger partial charge in [-0.15, -0.1) is 0 Å². The Labute approximate surface area is 125 Å². The van der Waals surface area contributed by atoms with Crippen molar-refractivity contribution >= 4 is 17.7 Å². The molecule has 0 spiro atoms. The van der Waals surface area contributed by atoms with E-state index in [0.717, 1.165) is 12.1 Å². The highest BCUT2D eigenvalue weighted by Gasteiger charge is 2.12. The van der Waals surface area contributed by atoms with Crippen LogP contribution >= 0.6 is 0 Å². The van der Waals surface area contributed by atoms with E-state index in [0.29, 0.717) is 18.3 Å². The lowest BCUT2D eigenvalue weighted by Gasteiger charge is -2.21. The number of anilines is 1. The van der Waals surface area contributed by atoms with E-state index in [1.54, 1.807) is 19.1 Å². The Morgan fingerprint density at radius 1 is 1.33 bits per heavy atom. The summed E-state index contributed by atoms with van der Waals surface area (Å²) in [5.74, 6) is -1.06. The second kappa shape index (κ2) is 7.64. The monoisotopic (exact) mass is 293 g/mol. The maximum Gasteiger partial charge on any atom is 0.337 e. The van der Waals surface area contributed by atoms with Gasteiger partial charge in [0.2, 0.25) is 0 Å². The van der Waals surface area contributed by atoms with Crippen molar-refractivity contribution in [1.29, 1.82) is 0 Å². The Kier molecular flexibility index (Phi) is 6.17. The van der Waals surface area contributed by atoms with Crippen LogP contribution in [-0.4, -0.2) is 48.2 Å². The third kappa shape index (κ3) is 5.43. The molecule has 0 aliphatic carbocycles. The second-order valence-electron chi connectivity index (χ2n) is 5.31. The van der Waals surface area contributed by atoms with Crippen LogP contribution in [-0.2, 0) is 0 Å². The lowest BCUT2D eigenvalue weighted by Crippen LogP contribution is -2.38. The Bertz CT molecular complexity index is 515. The number of nitrogens with zero attached hydrogens (tertiary/aromatic N) is 1. The van der Waals surface area contributed by atoms with Gasteiger partial charge >= 0.3 is 12.0 Å². The van der Waals surface area contributed by atoms with Crippen LogP contribution in [0.1, 0.15) is 29.8 Å². The molecule has 1 rings (SSSR count). The van der Waals surface area contributed by atoms with E-state index in [2.05, 4.69) is 29.4 Å². The van der Waals surface area contributed by atoms with Gasteiger partial charge in [0, 0.05) is 19.1 Å². The summed E-state index contributed by atoms with van der Waals surface area (Å²) >= 11 is 0. The zero-order valence-electron chi connectivity index (χ0n) is 12.9. The summed E-state index contributed by atoms with van der Waals surface area (Å²) in [6.45, 7) is 7.18. The normalized spacial score (nSPS) is 10.8. The molecule has 2 amide bonds. The highest BCUT2D eigenvalue weighted by atomic mass is 16.4. The summed E-state index contributed by atoms with van der Waals surface area (Å²) < 4.78 is 0. The number of carboxylic acid groups (broad SMARTS) is 1. The molecule has 21 heavy (non-hydrogen) atoms. The van der Waals surface area contributed by atoms with E-state index in [-0.39, 0.29) is 5.56 Å². The van der Waals surface area contributed by atoms with Crippen LogP contribution in [0.4, 0.5) is 10.5 Å². The zero-order valence-corrected chi connectivity index (χ0v) is 12.9. The van der Waals surface area contributed by atoms with Gasteiger partial charge in [0.1, 0.15) is 0 Å². The van der Waals surface area contributed by atoms with Gasteiger partial charge < -0.3 is 20.6 Å². The van der Waals surface area contributed by atoms with Crippen LogP contribution in [0.25, 0.3) is 0 Å². The van der Waals surface area contributed by atoms with Crippen LogP contribution in [0, 0.1) is 6.92 Å². The number of likely N-dealkylation sites (N-methyl/N-ethyl adjacent to an activating group) is 1. The lowest BCUT2D eigenvalue weighted by molar-refractivity contribution is 0.0698. The van der Waals surface area contributed by atoms with Gasteiger partial charge in [0.25, 0.3) is 0 Å². The average molecular weight is 293 g/mol. The van der Waals surface area contributed by atoms with Crippen molar-refractivity contribution in [2.45, 2.75) is 26.8 Å². The minimum absolute atomic E-state index is 0.0875. The Morgan fingerprint density at radius 3 is 2.57 bits per heavy atom. The largest absolute Gasteiger partial charge is 0.478 e. The van der Waals surface area contributed by atoms with Gasteiger partial charge in [0.15, 0.2) is 0 Å². The van der Waals surface area contributed by atoms with Crippen molar-refractivity contribution in [3.8, 4) is 0 Å². The number of urea groups is 1. The lowest BCUT2D eigenvalue weighted by atomic mass is 10.1. The number of aromatic carboxylic acids is 1. The number of hydrogen-bond acceptors (Lipinski definition) is 3. The van der Waals surface area contributed by atoms with Crippen LogP contribution in [0.5, 0.6) is 0 Å². The van der Waals surface area contributed by atoms with Gasteiger partial charge in [-0.3, -0.25) is 0 Å². The molecule has 116 valence electrons. The van der Waals surface area contributed by atoms with Crippen molar-refractivity contribution in [2.75, 3.05) is 25.5 Å². The van der Waals surface area contributed by atoms with Gasteiger partial charge in [-0.05, 0) is 40.0 Å². The first kappa shape index (κ1) is 17.0. The molecule has 0 bridgehead atoms. The maximum atomic E-state index is 11.8. The number of carboxylic acids is 1. The van der Waals surface area contributed by atoms with Crippen LogP contribution in [0.2, 0.25) is 0 Å². The average Bonchev–Trinajstić information content (AvgIpc) is 2.40. The van der Waals surface area contributed by atoms with Gasteiger partial charge in [-0.1, -0.05) is 11.6 Å². The molecule has 1 aromatic rings. The molecule has 6 heteroatoms. The number of aryl methyl sites for hydroxylation is 1. The molecule has 6 nitrogen and oxygen atoms in total. The summed E-state index contributed by atoms with van der Waals surface area (Å²) in [5, 5.41) is 14.4. The first-order chi connectivity index (χ1) is 9.81. The van der Waals surface area contributed by atoms with E-state index < -0.39 is 12.0 Å². The molecule has 0 saturated heterocycles. The van der Waals surface area contributed by atoms with E-state index in [1.807, 2.05) is 7.05 Å². The summed E-state index contributed by atoms with van der Waals surface area (Å²) in [6.07, 6.45) is 0. The predicted molar refractivity (Wildman–Crippen MR) is 82.9 cm³/mol. The molecule has 0 radical (unpaired) electrons. The zero-order chi connectivity index (χ0) is 16.0. The second-order valence-corrected chi connectivity index (χ2v) is 5.31. The quantitative estimate of drug-likeness (QED) is 0.750. The molecule has 0 aliphatic heterocycles. The molecular formula is C15H23N3O3. The fourth-order valence-corrected chi connectivity index (χ4v) is 1.71. The number of carbonyl (C=O) groups excluding carboxylic acids is 1. The molecule has 1 aromatic carbocycles. The van der Waals surface area contributed by atoms with Crippen LogP contribution < -0.4 is 10.6 Å². The molecular weight excluding hydrogens is 270 g/mol. The number of benzene rings is 1. The summed E-state index contributed by atoms with van der Waals surface area (Å²) in [7, 11) is 1.98. The molecule has 0 aromatic heterocycles. The van der Waals surface area contributed by atoms with Crippen molar-refractivity contribution in [1.82, 2.24) is 10.2 Å². The summed E-state index contributed by atoms with van der Waals surface area (Å²) in [6, 6.07) is 4.89. The van der Waals surface area contributed by atoms with Crippen LogP contribution in [0.3, 0.4) is 0 Å². The fourth-order valence-electron chi connectivity index (χ4n) is 1.71. The summed E-state index contributed by atoms with van der Waals surface area (Å²) in [5.41, 5.74) is 1.21. The number of carbonyl (C=O) groups is 2. The van der Waals surface area contributed by atoms with E-state index in [1.165, 1.54) is 6.07 Å². The Morgan fingerprint density at radius 2 is 2.00 bits per heavy atom. The number of nitrogens with one attached hydrogen (secondary N) is 2. The van der Waals surface area contributed by atoms with Crippen molar-refractivity contribution in [2.24, 2.45) is 0 Å². The minimum atomic E-state index is -1.06. The third-order valence-corrected chi connectivity index (χ3v) is 3.29. The third-order valence-electron chi connectivity index (χ3n) is 3.29. The van der Waals surface area contributed by atoms with E-state index in [4.69, 9.17) is 5.11 Å². The van der Waals surface area contributed by atoms with Gasteiger partial charge in [-0.25, -0.2) is 9.59 Å². The first-order valence-corrected chi connectivity index (χ1v) is 6.90. The highest BCUT2D eigenvalue weighted by Crippen LogP contribution is 2.17. The molecule has 3 N–H and O–H groups in total. The number of hydrogen-bond donors (Lipinski definition) is 3. The van der Waals surface area contributed by atoms with E-state index >= 15 is 0 Å². The number of rotatable bonds is 6. The molecule has 0 heterocycles. The molecule has 0 unspecified atom stereocenters. The predicted octanol–water partition coefficient (Wildman–Crippen LogP) is 2.15. The van der Waals surface area contributed by atoms with E-state index in [9.17, 15) is 9.59 Å². The molecule has 0 saturated carbocycles. The summed E-state index contributed by atoms with van der Waals surface area (Å²) in [4.78, 5) is 25.1. The Hall–Kier alpha value is -2.08. The van der Waals surface area contributed by atoms with Crippen LogP contribution in [0.15, 0.2) is 18.2 Å². The standard InChI is InChI=1S/C15H23N3O3/c1-10(2)18(4)8-7-16-15(21)17-13-6-5-11(3)9-12(13)14(19)20/h5-6,9-10H,7-8H2,1-4H3,(H,19,20)(H2,16,17,21). The number of amides is 2. The SMILES string of the molecule is Cc1ccc(NC(=O)NCCN(C)C(C)C)c(C(=O)O)c1. The topological polar surface area (TPSA) is 81.7 Å². The van der Waals surface area contributed by atoms with Gasteiger partial charge in [-0.2, -0.15) is 0 Å². The molecule has 0 fully saturated rings. The molecule has 0 aliphatic rings. The van der Waals surface area contributed by atoms with Crippen molar-refractivity contribution in [3.63, 3.8) is 0 Å².